The van der Waals surface area contributed by atoms with Crippen LogP contribution in [0.3, 0.4) is 0 Å². The predicted octanol–water partition coefficient (Wildman–Crippen LogP) is 4.31. The fourth-order valence-electron chi connectivity index (χ4n) is 3.13. The summed E-state index contributed by atoms with van der Waals surface area (Å²) in [7, 11) is 2.96. The number of thiophene rings is 1. The van der Waals surface area contributed by atoms with Gasteiger partial charge >= 0.3 is 6.18 Å². The van der Waals surface area contributed by atoms with E-state index in [0.29, 0.717) is 26.8 Å². The van der Waals surface area contributed by atoms with Crippen molar-refractivity contribution in [2.24, 2.45) is 0 Å². The van der Waals surface area contributed by atoms with E-state index in [4.69, 9.17) is 9.47 Å². The minimum atomic E-state index is -4.74. The summed E-state index contributed by atoms with van der Waals surface area (Å²) in [6.07, 6.45) is -4.74. The van der Waals surface area contributed by atoms with Gasteiger partial charge in [0.15, 0.2) is 0 Å². The van der Waals surface area contributed by atoms with E-state index in [0.717, 1.165) is 32.1 Å². The van der Waals surface area contributed by atoms with E-state index in [2.05, 4.69) is 5.32 Å². The van der Waals surface area contributed by atoms with Crippen molar-refractivity contribution in [2.75, 3.05) is 14.2 Å². The Morgan fingerprint density at radius 3 is 2.32 bits per heavy atom. The van der Waals surface area contributed by atoms with E-state index < -0.39 is 29.6 Å². The average Bonchev–Trinajstić information content (AvgIpc) is 3.22. The first-order chi connectivity index (χ1) is 14.4. The van der Waals surface area contributed by atoms with Crippen LogP contribution in [0, 0.1) is 0 Å². The highest BCUT2D eigenvalue weighted by Crippen LogP contribution is 2.41. The monoisotopic (exact) mass is 458 g/mol. The van der Waals surface area contributed by atoms with Gasteiger partial charge in [-0.05, 0) is 37.4 Å². The summed E-state index contributed by atoms with van der Waals surface area (Å²) in [5, 5.41) is 4.28. The molecule has 1 unspecified atom stereocenters. The van der Waals surface area contributed by atoms with Gasteiger partial charge in [0.25, 0.3) is 0 Å². The summed E-state index contributed by atoms with van der Waals surface area (Å²) in [6.45, 7) is 2.78. The molecule has 31 heavy (non-hydrogen) atoms. The quantitative estimate of drug-likeness (QED) is 0.640. The van der Waals surface area contributed by atoms with Crippen molar-refractivity contribution in [3.05, 3.63) is 46.2 Å². The van der Waals surface area contributed by atoms with Crippen LogP contribution in [-0.4, -0.2) is 42.6 Å². The molecule has 1 atom stereocenters. The van der Waals surface area contributed by atoms with Crippen LogP contribution in [0.1, 0.15) is 37.3 Å². The molecule has 0 radical (unpaired) electrons. The number of halogens is 3. The van der Waals surface area contributed by atoms with Crippen molar-refractivity contribution in [3.8, 4) is 11.5 Å². The zero-order valence-electron chi connectivity index (χ0n) is 17.9. The molecule has 2 amide bonds. The number of hydrogen-bond donors (Lipinski definition) is 1. The molecule has 1 N–H and O–H groups in total. The van der Waals surface area contributed by atoms with E-state index >= 15 is 0 Å². The van der Waals surface area contributed by atoms with Gasteiger partial charge in [0.1, 0.15) is 23.1 Å². The highest BCUT2D eigenvalue weighted by Gasteiger charge is 2.55. The topological polar surface area (TPSA) is 67.9 Å². The van der Waals surface area contributed by atoms with E-state index in [1.54, 1.807) is 29.6 Å². The van der Waals surface area contributed by atoms with Gasteiger partial charge in [-0.3, -0.25) is 9.59 Å². The fraction of sp³-hybridized carbons (Fsp3) is 0.429. The van der Waals surface area contributed by atoms with Crippen molar-refractivity contribution < 1.29 is 32.2 Å². The minimum Gasteiger partial charge on any atom is -0.497 e. The number of nitrogens with zero attached hydrogens (tertiary/aromatic N) is 1. The van der Waals surface area contributed by atoms with Gasteiger partial charge in [-0.25, -0.2) is 0 Å². The molecule has 0 bridgehead atoms. The highest BCUT2D eigenvalue weighted by atomic mass is 32.1. The maximum atomic E-state index is 13.8. The molecule has 0 aliphatic carbocycles. The van der Waals surface area contributed by atoms with E-state index in [9.17, 15) is 22.8 Å². The Morgan fingerprint density at radius 1 is 1.16 bits per heavy atom. The highest BCUT2D eigenvalue weighted by molar-refractivity contribution is 7.10. The van der Waals surface area contributed by atoms with Gasteiger partial charge in [-0.2, -0.15) is 13.2 Å². The molecule has 0 saturated carbocycles. The van der Waals surface area contributed by atoms with Crippen molar-refractivity contribution in [2.45, 2.75) is 45.1 Å². The van der Waals surface area contributed by atoms with Crippen LogP contribution in [-0.2, 0) is 16.1 Å². The van der Waals surface area contributed by atoms with Gasteiger partial charge < -0.3 is 19.7 Å². The smallest absolute Gasteiger partial charge is 0.411 e. The van der Waals surface area contributed by atoms with Crippen LogP contribution in [0.15, 0.2) is 35.7 Å². The number of rotatable bonds is 8. The predicted molar refractivity (Wildman–Crippen MR) is 111 cm³/mol. The van der Waals surface area contributed by atoms with Crippen molar-refractivity contribution in [1.29, 1.82) is 0 Å². The molecule has 1 aromatic heterocycles. The lowest BCUT2D eigenvalue weighted by Gasteiger charge is -2.43. The number of alkyl halides is 3. The van der Waals surface area contributed by atoms with E-state index in [1.807, 2.05) is 0 Å². The first-order valence-corrected chi connectivity index (χ1v) is 10.2. The minimum absolute atomic E-state index is 0.00787. The Balaban J connectivity index is 2.39. The summed E-state index contributed by atoms with van der Waals surface area (Å²) in [5.74, 6) is -0.588. The molecule has 0 spiro atoms. The Hall–Kier alpha value is -2.75. The maximum absolute atomic E-state index is 13.8. The number of carbonyl (C=O) groups excluding carboxylic acids is 2. The maximum Gasteiger partial charge on any atom is 0.411 e. The van der Waals surface area contributed by atoms with E-state index in [-0.39, 0.29) is 6.54 Å². The number of benzene rings is 1. The van der Waals surface area contributed by atoms with Gasteiger partial charge in [0, 0.05) is 30.0 Å². The Morgan fingerprint density at radius 2 is 1.84 bits per heavy atom. The molecule has 170 valence electrons. The van der Waals surface area contributed by atoms with Crippen LogP contribution >= 0.6 is 11.3 Å². The Bertz CT molecular complexity index is 914. The molecule has 10 heteroatoms. The van der Waals surface area contributed by atoms with Crippen molar-refractivity contribution >= 4 is 23.2 Å². The number of hydrogen-bond acceptors (Lipinski definition) is 5. The Kier molecular flexibility index (Phi) is 7.58. The summed E-state index contributed by atoms with van der Waals surface area (Å²) in [5.41, 5.74) is -1.96. The van der Waals surface area contributed by atoms with Gasteiger partial charge in [-0.15, -0.1) is 11.3 Å². The number of ether oxygens (including phenoxy) is 2. The number of amides is 2. The van der Waals surface area contributed by atoms with Gasteiger partial charge in [0.05, 0.1) is 14.2 Å². The second-order valence-corrected chi connectivity index (χ2v) is 8.24. The lowest BCUT2D eigenvalue weighted by molar-refractivity contribution is -0.226. The van der Waals surface area contributed by atoms with Gasteiger partial charge in [0.2, 0.25) is 11.8 Å². The van der Waals surface area contributed by atoms with Crippen LogP contribution in [0.25, 0.3) is 0 Å². The summed E-state index contributed by atoms with van der Waals surface area (Å²) >= 11 is 1.10. The molecular formula is C21H25F3N2O4S. The zero-order chi connectivity index (χ0) is 23.4. The third-order valence-corrected chi connectivity index (χ3v) is 5.83. The standard InChI is InChI=1S/C21H25F3N2O4S/c1-13(27)26(20(2,3)21(22,23)24)18(17-7-6-10-31-17)19(28)25-12-14-8-9-15(29-4)11-16(14)30-5/h6-11,18H,12H2,1-5H3,(H,25,28). The molecule has 1 aromatic carbocycles. The lowest BCUT2D eigenvalue weighted by Crippen LogP contribution is -2.59. The SMILES string of the molecule is COc1ccc(CNC(=O)C(c2cccs2)N(C(C)=O)C(C)(C)C(F)(F)F)c(OC)c1. The normalized spacial score (nSPS) is 12.8. The second-order valence-electron chi connectivity index (χ2n) is 7.26. The summed E-state index contributed by atoms with van der Waals surface area (Å²) < 4.78 is 51.8. The van der Waals surface area contributed by atoms with Crippen LogP contribution in [0.5, 0.6) is 11.5 Å². The second kappa shape index (κ2) is 9.59. The molecule has 0 aliphatic heterocycles. The zero-order valence-corrected chi connectivity index (χ0v) is 18.7. The number of methoxy groups -OCH3 is 2. The molecule has 0 saturated heterocycles. The average molecular weight is 459 g/mol. The number of carbonyl (C=O) groups is 2. The van der Waals surface area contributed by atoms with Crippen LogP contribution in [0.2, 0.25) is 0 Å². The van der Waals surface area contributed by atoms with E-state index in [1.165, 1.54) is 20.3 Å². The fourth-order valence-corrected chi connectivity index (χ4v) is 3.94. The molecule has 2 aromatic rings. The lowest BCUT2D eigenvalue weighted by atomic mass is 9.97. The molecule has 6 nitrogen and oxygen atoms in total. The summed E-state index contributed by atoms with van der Waals surface area (Å²) in [6, 6.07) is 6.69. The van der Waals surface area contributed by atoms with Crippen molar-refractivity contribution in [1.82, 2.24) is 10.2 Å². The molecule has 2 rings (SSSR count). The molecule has 1 heterocycles. The first kappa shape index (κ1) is 24.5. The molecule has 0 aliphatic rings. The van der Waals surface area contributed by atoms with Crippen molar-refractivity contribution in [3.63, 3.8) is 0 Å². The largest absolute Gasteiger partial charge is 0.497 e. The summed E-state index contributed by atoms with van der Waals surface area (Å²) in [4.78, 5) is 26.4. The Labute approximate surface area is 182 Å². The molecular weight excluding hydrogens is 433 g/mol. The van der Waals surface area contributed by atoms with Gasteiger partial charge in [-0.1, -0.05) is 6.07 Å². The first-order valence-electron chi connectivity index (χ1n) is 9.32. The molecule has 0 fully saturated rings. The third kappa shape index (κ3) is 5.30. The van der Waals surface area contributed by atoms with Crippen LogP contribution in [0.4, 0.5) is 13.2 Å². The van der Waals surface area contributed by atoms with Crippen LogP contribution < -0.4 is 14.8 Å². The third-order valence-electron chi connectivity index (χ3n) is 4.90. The number of nitrogens with one attached hydrogen (secondary N) is 1.